The molecule has 3 aromatic rings. The van der Waals surface area contributed by atoms with Crippen molar-refractivity contribution in [3.8, 4) is 17.6 Å². The number of nitriles is 1. The molecule has 0 spiro atoms. The summed E-state index contributed by atoms with van der Waals surface area (Å²) in [4.78, 5) is 20.9. The minimum Gasteiger partial charge on any atom is -0.493 e. The van der Waals surface area contributed by atoms with Gasteiger partial charge in [0.1, 0.15) is 6.61 Å². The minimum absolute atomic E-state index is 0.0243. The van der Waals surface area contributed by atoms with Crippen LogP contribution in [0.15, 0.2) is 66.7 Å². The Hall–Kier alpha value is -4.71. The van der Waals surface area contributed by atoms with Crippen molar-refractivity contribution in [2.75, 3.05) is 7.11 Å². The zero-order chi connectivity index (χ0) is 23.1. The lowest BCUT2D eigenvalue weighted by Gasteiger charge is -2.11. The molecule has 0 saturated carbocycles. The maximum absolute atomic E-state index is 11.0. The smallest absolute Gasteiger partial charge is 0.270 e. The second-order valence-corrected chi connectivity index (χ2v) is 6.60. The summed E-state index contributed by atoms with van der Waals surface area (Å²) in [6, 6.07) is 19.1. The van der Waals surface area contributed by atoms with Gasteiger partial charge in [0, 0.05) is 24.3 Å². The Bertz CT molecular complexity index is 1250. The molecule has 32 heavy (non-hydrogen) atoms. The van der Waals surface area contributed by atoms with E-state index >= 15 is 0 Å². The number of benzene rings is 3. The van der Waals surface area contributed by atoms with E-state index in [0.717, 1.165) is 0 Å². The number of rotatable bonds is 8. The number of non-ortho nitro benzene ring substituents is 2. The minimum atomic E-state index is -0.519. The summed E-state index contributed by atoms with van der Waals surface area (Å²) in [5.41, 5.74) is 1.80. The monoisotopic (exact) mass is 431 g/mol. The van der Waals surface area contributed by atoms with Gasteiger partial charge >= 0.3 is 0 Å². The van der Waals surface area contributed by atoms with Gasteiger partial charge in [0.15, 0.2) is 11.5 Å². The van der Waals surface area contributed by atoms with Crippen molar-refractivity contribution in [1.29, 1.82) is 5.26 Å². The first-order valence-corrected chi connectivity index (χ1v) is 9.32. The number of allylic oxidation sites excluding steroid dienone is 1. The molecule has 0 aliphatic heterocycles. The molecular weight excluding hydrogens is 414 g/mol. The fourth-order valence-electron chi connectivity index (χ4n) is 2.95. The van der Waals surface area contributed by atoms with Crippen LogP contribution in [0.4, 0.5) is 11.4 Å². The van der Waals surface area contributed by atoms with E-state index in [4.69, 9.17) is 9.47 Å². The lowest BCUT2D eigenvalue weighted by molar-refractivity contribution is -0.385. The molecule has 0 bridgehead atoms. The quantitative estimate of drug-likeness (QED) is 0.209. The summed E-state index contributed by atoms with van der Waals surface area (Å²) < 4.78 is 11.1. The number of nitro benzene ring substituents is 2. The molecule has 0 saturated heterocycles. The van der Waals surface area contributed by atoms with E-state index in [1.165, 1.54) is 37.4 Å². The lowest BCUT2D eigenvalue weighted by Crippen LogP contribution is -1.99. The zero-order valence-electron chi connectivity index (χ0n) is 16.9. The predicted molar refractivity (Wildman–Crippen MR) is 117 cm³/mol. The third-order valence-electron chi connectivity index (χ3n) is 4.50. The van der Waals surface area contributed by atoms with Gasteiger partial charge in [-0.05, 0) is 34.9 Å². The molecule has 0 amide bonds. The van der Waals surface area contributed by atoms with Crippen LogP contribution in [0, 0.1) is 31.6 Å². The van der Waals surface area contributed by atoms with Crippen LogP contribution in [-0.2, 0) is 6.61 Å². The first-order chi connectivity index (χ1) is 15.4. The molecule has 9 heteroatoms. The zero-order valence-corrected chi connectivity index (χ0v) is 16.9. The summed E-state index contributed by atoms with van der Waals surface area (Å²) in [6.45, 7) is 0.102. The maximum Gasteiger partial charge on any atom is 0.270 e. The summed E-state index contributed by atoms with van der Waals surface area (Å²) >= 11 is 0. The van der Waals surface area contributed by atoms with Gasteiger partial charge in [-0.15, -0.1) is 0 Å². The maximum atomic E-state index is 11.0. The number of nitrogens with zero attached hydrogens (tertiary/aromatic N) is 3. The van der Waals surface area contributed by atoms with Crippen molar-refractivity contribution in [2.45, 2.75) is 6.61 Å². The highest BCUT2D eigenvalue weighted by Gasteiger charge is 2.11. The predicted octanol–water partition coefficient (Wildman–Crippen LogP) is 5.15. The molecular formula is C23H17N3O6. The van der Waals surface area contributed by atoms with Crippen LogP contribution in [0.1, 0.15) is 16.7 Å². The van der Waals surface area contributed by atoms with Gasteiger partial charge in [0.05, 0.1) is 28.6 Å². The van der Waals surface area contributed by atoms with E-state index < -0.39 is 9.85 Å². The lowest BCUT2D eigenvalue weighted by atomic mass is 10.0. The number of hydrogen-bond acceptors (Lipinski definition) is 7. The van der Waals surface area contributed by atoms with Crippen molar-refractivity contribution in [1.82, 2.24) is 0 Å². The Morgan fingerprint density at radius 3 is 2.31 bits per heavy atom. The fraction of sp³-hybridized carbons (Fsp3) is 0.0870. The highest BCUT2D eigenvalue weighted by atomic mass is 16.6. The normalized spacial score (nSPS) is 10.8. The van der Waals surface area contributed by atoms with Gasteiger partial charge in [0.2, 0.25) is 0 Å². The number of ether oxygens (including phenoxy) is 2. The van der Waals surface area contributed by atoms with Crippen LogP contribution in [0.3, 0.4) is 0 Å². The van der Waals surface area contributed by atoms with Gasteiger partial charge in [-0.25, -0.2) is 0 Å². The third kappa shape index (κ3) is 5.25. The molecule has 0 heterocycles. The number of hydrogen-bond donors (Lipinski definition) is 0. The van der Waals surface area contributed by atoms with Crippen molar-refractivity contribution in [2.24, 2.45) is 0 Å². The molecule has 0 aliphatic rings. The first-order valence-electron chi connectivity index (χ1n) is 9.32. The summed E-state index contributed by atoms with van der Waals surface area (Å²) in [5.74, 6) is 0.825. The number of methoxy groups -OCH3 is 1. The summed E-state index contributed by atoms with van der Waals surface area (Å²) in [5, 5.41) is 31.4. The topological polar surface area (TPSA) is 129 Å². The molecule has 9 nitrogen and oxygen atoms in total. The SMILES string of the molecule is COc1cc(/C=C(/C#N)c2cccc([N+](=O)[O-])c2)ccc1OCc1cccc([N+](=O)[O-])c1. The van der Waals surface area contributed by atoms with Crippen LogP contribution >= 0.6 is 0 Å². The largest absolute Gasteiger partial charge is 0.493 e. The van der Waals surface area contributed by atoms with Gasteiger partial charge in [-0.1, -0.05) is 30.3 Å². The second kappa shape index (κ2) is 9.86. The molecule has 160 valence electrons. The molecule has 0 unspecified atom stereocenters. The average molecular weight is 431 g/mol. The molecule has 0 aromatic heterocycles. The molecule has 0 fully saturated rings. The molecule has 0 radical (unpaired) electrons. The van der Waals surface area contributed by atoms with Crippen molar-refractivity contribution in [3.63, 3.8) is 0 Å². The van der Waals surface area contributed by atoms with Gasteiger partial charge < -0.3 is 9.47 Å². The van der Waals surface area contributed by atoms with E-state index in [0.29, 0.717) is 28.2 Å². The van der Waals surface area contributed by atoms with Gasteiger partial charge in [-0.2, -0.15) is 5.26 Å². The van der Waals surface area contributed by atoms with Gasteiger partial charge in [-0.3, -0.25) is 20.2 Å². The Morgan fingerprint density at radius 1 is 0.969 bits per heavy atom. The highest BCUT2D eigenvalue weighted by molar-refractivity contribution is 5.90. The van der Waals surface area contributed by atoms with Crippen LogP contribution in [0.5, 0.6) is 11.5 Å². The van der Waals surface area contributed by atoms with Crippen molar-refractivity contribution < 1.29 is 19.3 Å². The number of nitro groups is 2. The van der Waals surface area contributed by atoms with E-state index in [-0.39, 0.29) is 23.6 Å². The summed E-state index contributed by atoms with van der Waals surface area (Å²) in [6.07, 6.45) is 1.59. The van der Waals surface area contributed by atoms with Crippen LogP contribution in [0.2, 0.25) is 0 Å². The van der Waals surface area contributed by atoms with Crippen molar-refractivity contribution >= 4 is 23.0 Å². The Labute approximate surface area is 183 Å². The molecule has 3 rings (SSSR count). The fourth-order valence-corrected chi connectivity index (χ4v) is 2.95. The Morgan fingerprint density at radius 2 is 1.66 bits per heavy atom. The third-order valence-corrected chi connectivity index (χ3v) is 4.50. The molecule has 0 atom stereocenters. The molecule has 0 N–H and O–H groups in total. The summed E-state index contributed by atoms with van der Waals surface area (Å²) in [7, 11) is 1.47. The molecule has 3 aromatic carbocycles. The standard InChI is InChI=1S/C23H17N3O6/c1-31-23-12-16(10-19(14-24)18-5-3-7-21(13-18)26(29)30)8-9-22(23)32-15-17-4-2-6-20(11-17)25(27)28/h2-13H,15H2,1H3/b19-10-. The Kier molecular flexibility index (Phi) is 6.78. The second-order valence-electron chi connectivity index (χ2n) is 6.60. The van der Waals surface area contributed by atoms with Crippen LogP contribution in [0.25, 0.3) is 11.6 Å². The first kappa shape index (κ1) is 22.0. The van der Waals surface area contributed by atoms with Crippen molar-refractivity contribution in [3.05, 3.63) is 104 Å². The van der Waals surface area contributed by atoms with Crippen LogP contribution < -0.4 is 9.47 Å². The van der Waals surface area contributed by atoms with Gasteiger partial charge in [0.25, 0.3) is 11.4 Å². The van der Waals surface area contributed by atoms with E-state index in [1.54, 1.807) is 42.5 Å². The average Bonchev–Trinajstić information content (AvgIpc) is 2.81. The van der Waals surface area contributed by atoms with E-state index in [1.807, 2.05) is 0 Å². The highest BCUT2D eigenvalue weighted by Crippen LogP contribution is 2.31. The van der Waals surface area contributed by atoms with E-state index in [2.05, 4.69) is 6.07 Å². The Balaban J connectivity index is 1.83. The van der Waals surface area contributed by atoms with E-state index in [9.17, 15) is 25.5 Å². The molecule has 0 aliphatic carbocycles. The van der Waals surface area contributed by atoms with Crippen LogP contribution in [-0.4, -0.2) is 17.0 Å².